The van der Waals surface area contributed by atoms with E-state index in [0.29, 0.717) is 12.2 Å². The maximum atomic E-state index is 12.4. The number of urea groups is 1. The number of benzene rings is 1. The highest BCUT2D eigenvalue weighted by molar-refractivity contribution is 7.89. The molecule has 0 bridgehead atoms. The average Bonchev–Trinajstić information content (AvgIpc) is 2.73. The van der Waals surface area contributed by atoms with Gasteiger partial charge in [-0.05, 0) is 42.7 Å². The average molecular weight is 447 g/mol. The first kappa shape index (κ1) is 23.1. The quantitative estimate of drug-likeness (QED) is 0.534. The lowest BCUT2D eigenvalue weighted by molar-refractivity contribution is 0.255. The number of aryl methyl sites for hydroxylation is 1. The van der Waals surface area contributed by atoms with Crippen LogP contribution in [0.3, 0.4) is 0 Å². The Balaban J connectivity index is 1.53. The Morgan fingerprint density at radius 3 is 2.71 bits per heavy atom. The Bertz CT molecular complexity index is 1010. The first-order chi connectivity index (χ1) is 14.7. The zero-order chi connectivity index (χ0) is 22.4. The van der Waals surface area contributed by atoms with Crippen LogP contribution in [0.4, 0.5) is 16.2 Å². The van der Waals surface area contributed by atoms with Gasteiger partial charge in [0.2, 0.25) is 10.0 Å². The van der Waals surface area contributed by atoms with Crippen LogP contribution < -0.4 is 16.0 Å². The SMILES string of the molecule is Cc1ccc(NC(=O)Nc2cccc3c2CCN(CCNCS(=O)(=O)N(C)C)C3)cn1. The molecule has 10 heteroatoms. The van der Waals surface area contributed by atoms with E-state index in [1.165, 1.54) is 24.0 Å². The second-order valence-electron chi connectivity index (χ2n) is 7.78. The summed E-state index contributed by atoms with van der Waals surface area (Å²) in [5, 5.41) is 8.75. The van der Waals surface area contributed by atoms with E-state index in [0.717, 1.165) is 43.0 Å². The van der Waals surface area contributed by atoms with Crippen molar-refractivity contribution in [3.05, 3.63) is 53.3 Å². The van der Waals surface area contributed by atoms with Gasteiger partial charge in [-0.15, -0.1) is 0 Å². The molecule has 0 unspecified atom stereocenters. The molecule has 2 aromatic rings. The number of nitrogens with zero attached hydrogens (tertiary/aromatic N) is 3. The summed E-state index contributed by atoms with van der Waals surface area (Å²) in [4.78, 5) is 18.9. The molecule has 0 saturated carbocycles. The number of carbonyl (C=O) groups is 1. The van der Waals surface area contributed by atoms with Crippen LogP contribution in [0.2, 0.25) is 0 Å². The summed E-state index contributed by atoms with van der Waals surface area (Å²) in [7, 11) is -0.178. The van der Waals surface area contributed by atoms with Gasteiger partial charge in [0.1, 0.15) is 5.88 Å². The van der Waals surface area contributed by atoms with Gasteiger partial charge in [-0.1, -0.05) is 12.1 Å². The largest absolute Gasteiger partial charge is 0.323 e. The van der Waals surface area contributed by atoms with Gasteiger partial charge in [-0.25, -0.2) is 17.5 Å². The fourth-order valence-electron chi connectivity index (χ4n) is 3.37. The molecular weight excluding hydrogens is 416 g/mol. The zero-order valence-electron chi connectivity index (χ0n) is 18.2. The number of anilines is 2. The van der Waals surface area contributed by atoms with Crippen LogP contribution in [0.5, 0.6) is 0 Å². The number of carbonyl (C=O) groups excluding carboxylic acids is 1. The second-order valence-corrected chi connectivity index (χ2v) is 9.96. The fourth-order valence-corrected chi connectivity index (χ4v) is 4.03. The molecular formula is C21H30N6O3S. The van der Waals surface area contributed by atoms with Crippen molar-refractivity contribution in [1.82, 2.24) is 19.5 Å². The third kappa shape index (κ3) is 6.47. The van der Waals surface area contributed by atoms with Crippen molar-refractivity contribution in [2.24, 2.45) is 0 Å². The van der Waals surface area contributed by atoms with Crippen molar-refractivity contribution in [3.8, 4) is 0 Å². The predicted molar refractivity (Wildman–Crippen MR) is 123 cm³/mol. The molecule has 2 amide bonds. The minimum atomic E-state index is -3.24. The van der Waals surface area contributed by atoms with Gasteiger partial charge >= 0.3 is 6.03 Å². The van der Waals surface area contributed by atoms with Gasteiger partial charge in [-0.2, -0.15) is 0 Å². The molecule has 1 aliphatic heterocycles. The lowest BCUT2D eigenvalue weighted by Gasteiger charge is -2.30. The molecule has 0 fully saturated rings. The van der Waals surface area contributed by atoms with E-state index in [1.807, 2.05) is 31.2 Å². The number of amides is 2. The standard InChI is InChI=1S/C21H30N6O3S/c1-16-7-8-18(13-23-16)24-21(28)25-20-6-4-5-17-14-27(11-9-19(17)20)12-10-22-15-31(29,30)26(2)3/h4-8,13,22H,9-12,14-15H2,1-3H3,(H2,24,25,28). The van der Waals surface area contributed by atoms with E-state index >= 15 is 0 Å². The van der Waals surface area contributed by atoms with Gasteiger partial charge in [0.15, 0.2) is 0 Å². The second kappa shape index (κ2) is 10.2. The van der Waals surface area contributed by atoms with Crippen LogP contribution in [0, 0.1) is 6.92 Å². The summed E-state index contributed by atoms with van der Waals surface area (Å²) in [5.41, 5.74) is 4.65. The maximum Gasteiger partial charge on any atom is 0.323 e. The molecule has 1 aromatic carbocycles. The van der Waals surface area contributed by atoms with Crippen LogP contribution in [0.25, 0.3) is 0 Å². The molecule has 0 spiro atoms. The van der Waals surface area contributed by atoms with Crippen LogP contribution in [-0.4, -0.2) is 68.2 Å². The minimum Gasteiger partial charge on any atom is -0.307 e. The fraction of sp³-hybridized carbons (Fsp3) is 0.429. The third-order valence-electron chi connectivity index (χ3n) is 5.21. The number of hydrogen-bond donors (Lipinski definition) is 3. The third-order valence-corrected chi connectivity index (χ3v) is 6.89. The summed E-state index contributed by atoms with van der Waals surface area (Å²) in [5.74, 6) is -0.0654. The van der Waals surface area contributed by atoms with E-state index in [1.54, 1.807) is 6.20 Å². The smallest absolute Gasteiger partial charge is 0.307 e. The van der Waals surface area contributed by atoms with Crippen LogP contribution in [-0.2, 0) is 23.0 Å². The van der Waals surface area contributed by atoms with E-state index in [2.05, 4.69) is 31.9 Å². The number of hydrogen-bond acceptors (Lipinski definition) is 6. The lowest BCUT2D eigenvalue weighted by Crippen LogP contribution is -2.39. The molecule has 3 N–H and O–H groups in total. The number of pyridine rings is 1. The maximum absolute atomic E-state index is 12.4. The van der Waals surface area contributed by atoms with E-state index in [-0.39, 0.29) is 11.9 Å². The number of aromatic nitrogens is 1. The number of nitrogens with one attached hydrogen (secondary N) is 3. The summed E-state index contributed by atoms with van der Waals surface area (Å²) in [6, 6.07) is 9.28. The molecule has 1 aromatic heterocycles. The van der Waals surface area contributed by atoms with Crippen molar-refractivity contribution >= 4 is 27.4 Å². The number of sulfonamides is 1. The van der Waals surface area contributed by atoms with Crippen LogP contribution >= 0.6 is 0 Å². The van der Waals surface area contributed by atoms with Crippen molar-refractivity contribution in [2.45, 2.75) is 19.9 Å². The van der Waals surface area contributed by atoms with Crippen LogP contribution in [0.15, 0.2) is 36.5 Å². The Morgan fingerprint density at radius 2 is 2.00 bits per heavy atom. The van der Waals surface area contributed by atoms with Gasteiger partial charge in [0.05, 0.1) is 11.9 Å². The first-order valence-electron chi connectivity index (χ1n) is 10.2. The molecule has 0 saturated heterocycles. The van der Waals surface area contributed by atoms with Crippen LogP contribution in [0.1, 0.15) is 16.8 Å². The molecule has 0 radical (unpaired) electrons. The Kier molecular flexibility index (Phi) is 7.60. The van der Waals surface area contributed by atoms with Gasteiger partial charge in [-0.3, -0.25) is 9.88 Å². The molecule has 3 rings (SSSR count). The molecule has 2 heterocycles. The summed E-state index contributed by atoms with van der Waals surface area (Å²) in [6.45, 7) is 4.84. The highest BCUT2D eigenvalue weighted by Crippen LogP contribution is 2.26. The van der Waals surface area contributed by atoms with Gasteiger partial charge in [0.25, 0.3) is 0 Å². The molecule has 0 aliphatic carbocycles. The molecule has 168 valence electrons. The molecule has 1 aliphatic rings. The van der Waals surface area contributed by atoms with Crippen molar-refractivity contribution in [3.63, 3.8) is 0 Å². The Hall–Kier alpha value is -2.53. The van der Waals surface area contributed by atoms with Crippen molar-refractivity contribution in [2.75, 3.05) is 50.2 Å². The summed E-state index contributed by atoms with van der Waals surface area (Å²) >= 11 is 0. The highest BCUT2D eigenvalue weighted by Gasteiger charge is 2.20. The zero-order valence-corrected chi connectivity index (χ0v) is 19.0. The van der Waals surface area contributed by atoms with E-state index < -0.39 is 10.0 Å². The monoisotopic (exact) mass is 446 g/mol. The Labute approximate surface area is 183 Å². The van der Waals surface area contributed by atoms with E-state index in [4.69, 9.17) is 0 Å². The number of fused-ring (bicyclic) bond motifs is 1. The normalized spacial score (nSPS) is 14.3. The molecule has 31 heavy (non-hydrogen) atoms. The molecule has 0 atom stereocenters. The van der Waals surface area contributed by atoms with Gasteiger partial charge < -0.3 is 16.0 Å². The predicted octanol–water partition coefficient (Wildman–Crippen LogP) is 1.83. The molecule has 9 nitrogen and oxygen atoms in total. The van der Waals surface area contributed by atoms with Crippen molar-refractivity contribution in [1.29, 1.82) is 0 Å². The Morgan fingerprint density at radius 1 is 1.19 bits per heavy atom. The number of rotatable bonds is 8. The van der Waals surface area contributed by atoms with E-state index in [9.17, 15) is 13.2 Å². The van der Waals surface area contributed by atoms with Crippen molar-refractivity contribution < 1.29 is 13.2 Å². The summed E-state index contributed by atoms with van der Waals surface area (Å²) < 4.78 is 24.8. The summed E-state index contributed by atoms with van der Waals surface area (Å²) in [6.07, 6.45) is 2.44. The van der Waals surface area contributed by atoms with Gasteiger partial charge in [0, 0.05) is 51.7 Å². The highest BCUT2D eigenvalue weighted by atomic mass is 32.2. The lowest BCUT2D eigenvalue weighted by atomic mass is 9.97. The topological polar surface area (TPSA) is 107 Å². The first-order valence-corrected chi connectivity index (χ1v) is 11.8. The minimum absolute atomic E-state index is 0.0654.